The van der Waals surface area contributed by atoms with Gasteiger partial charge in [-0.15, -0.1) is 24.0 Å². The minimum absolute atomic E-state index is 0.0685. The van der Waals surface area contributed by atoms with E-state index < -0.39 is 0 Å². The van der Waals surface area contributed by atoms with Gasteiger partial charge in [0.2, 0.25) is 0 Å². The first-order chi connectivity index (χ1) is 6.20. The lowest BCUT2D eigenvalue weighted by molar-refractivity contribution is 0.282. The lowest BCUT2D eigenvalue weighted by Crippen LogP contribution is -1.81. The van der Waals surface area contributed by atoms with Gasteiger partial charge in [-0.25, -0.2) is 0 Å². The van der Waals surface area contributed by atoms with E-state index in [4.69, 9.17) is 5.11 Å². The first-order valence-corrected chi connectivity index (χ1v) is 5.78. The SMILES string of the molecule is OCc1cc(S)c2cc(Br)sc2c1. The number of hydrogen-bond acceptors (Lipinski definition) is 3. The second-order valence-electron chi connectivity index (χ2n) is 2.74. The Balaban J connectivity index is 2.75. The third kappa shape index (κ3) is 1.76. The van der Waals surface area contributed by atoms with E-state index in [0.717, 1.165) is 24.3 Å². The van der Waals surface area contributed by atoms with E-state index in [2.05, 4.69) is 28.6 Å². The number of aliphatic hydroxyl groups is 1. The van der Waals surface area contributed by atoms with Crippen LogP contribution in [-0.4, -0.2) is 5.11 Å². The Labute approximate surface area is 93.9 Å². The Morgan fingerprint density at radius 2 is 2.15 bits per heavy atom. The van der Waals surface area contributed by atoms with Gasteiger partial charge in [-0.05, 0) is 39.7 Å². The van der Waals surface area contributed by atoms with Crippen LogP contribution < -0.4 is 0 Å². The molecule has 0 bridgehead atoms. The average molecular weight is 275 g/mol. The predicted octanol–water partition coefficient (Wildman–Crippen LogP) is 3.44. The summed E-state index contributed by atoms with van der Waals surface area (Å²) in [6, 6.07) is 5.93. The second-order valence-corrected chi connectivity index (χ2v) is 5.68. The molecule has 0 aliphatic carbocycles. The molecule has 0 saturated heterocycles. The molecule has 0 spiro atoms. The first kappa shape index (κ1) is 9.52. The lowest BCUT2D eigenvalue weighted by Gasteiger charge is -1.99. The van der Waals surface area contributed by atoms with E-state index in [9.17, 15) is 0 Å². The number of halogens is 1. The minimum Gasteiger partial charge on any atom is -0.392 e. The van der Waals surface area contributed by atoms with Crippen LogP contribution >= 0.6 is 39.9 Å². The van der Waals surface area contributed by atoms with Crippen molar-refractivity contribution in [3.8, 4) is 0 Å². The monoisotopic (exact) mass is 274 g/mol. The third-order valence-corrected chi connectivity index (χ3v) is 3.78. The molecule has 68 valence electrons. The Hall–Kier alpha value is -0.0300. The molecule has 4 heteroatoms. The summed E-state index contributed by atoms with van der Waals surface area (Å²) in [4.78, 5) is 0.920. The van der Waals surface area contributed by atoms with Crippen molar-refractivity contribution < 1.29 is 5.11 Å². The molecule has 1 heterocycles. The zero-order chi connectivity index (χ0) is 9.42. The van der Waals surface area contributed by atoms with Gasteiger partial charge in [0.15, 0.2) is 0 Å². The van der Waals surface area contributed by atoms with Gasteiger partial charge in [0, 0.05) is 15.0 Å². The normalized spacial score (nSPS) is 11.0. The topological polar surface area (TPSA) is 20.2 Å². The smallest absolute Gasteiger partial charge is 0.0711 e. The van der Waals surface area contributed by atoms with E-state index in [1.54, 1.807) is 11.3 Å². The Bertz CT molecular complexity index is 450. The van der Waals surface area contributed by atoms with Crippen molar-refractivity contribution in [2.45, 2.75) is 11.5 Å². The van der Waals surface area contributed by atoms with Crippen molar-refractivity contribution in [3.05, 3.63) is 27.5 Å². The number of thiophene rings is 1. The van der Waals surface area contributed by atoms with Gasteiger partial charge in [0.05, 0.1) is 10.4 Å². The number of hydrogen-bond donors (Lipinski definition) is 2. The highest BCUT2D eigenvalue weighted by Gasteiger charge is 2.04. The van der Waals surface area contributed by atoms with E-state index in [1.807, 2.05) is 18.2 Å². The fraction of sp³-hybridized carbons (Fsp3) is 0.111. The molecule has 1 nitrogen and oxygen atoms in total. The molecule has 1 N–H and O–H groups in total. The average Bonchev–Trinajstić information content (AvgIpc) is 2.46. The molecular formula is C9H7BrOS2. The number of thiol groups is 1. The first-order valence-electron chi connectivity index (χ1n) is 3.72. The third-order valence-electron chi connectivity index (χ3n) is 1.83. The van der Waals surface area contributed by atoms with Crippen molar-refractivity contribution in [1.29, 1.82) is 0 Å². The molecular weight excluding hydrogens is 268 g/mol. The summed E-state index contributed by atoms with van der Waals surface area (Å²) in [5.74, 6) is 0. The molecule has 0 amide bonds. The van der Waals surface area contributed by atoms with E-state index in [1.165, 1.54) is 0 Å². The van der Waals surface area contributed by atoms with Crippen LogP contribution in [0.2, 0.25) is 0 Å². The van der Waals surface area contributed by atoms with Gasteiger partial charge < -0.3 is 5.11 Å². The van der Waals surface area contributed by atoms with Gasteiger partial charge in [0.25, 0.3) is 0 Å². The van der Waals surface area contributed by atoms with Crippen LogP contribution in [0, 0.1) is 0 Å². The fourth-order valence-electron chi connectivity index (χ4n) is 1.24. The van der Waals surface area contributed by atoms with Crippen LogP contribution in [0.25, 0.3) is 10.1 Å². The number of rotatable bonds is 1. The zero-order valence-corrected chi connectivity index (χ0v) is 9.92. The summed E-state index contributed by atoms with van der Waals surface area (Å²) in [6.45, 7) is 0.0685. The molecule has 0 saturated carbocycles. The quantitative estimate of drug-likeness (QED) is 0.764. The molecule has 0 fully saturated rings. The summed E-state index contributed by atoms with van der Waals surface area (Å²) < 4.78 is 2.25. The number of aliphatic hydroxyl groups excluding tert-OH is 1. The van der Waals surface area contributed by atoms with Crippen LogP contribution in [0.4, 0.5) is 0 Å². The van der Waals surface area contributed by atoms with E-state index in [0.29, 0.717) is 0 Å². The van der Waals surface area contributed by atoms with E-state index >= 15 is 0 Å². The zero-order valence-electron chi connectivity index (χ0n) is 6.62. The Morgan fingerprint density at radius 1 is 1.38 bits per heavy atom. The molecule has 0 radical (unpaired) electrons. The van der Waals surface area contributed by atoms with Crippen LogP contribution in [0.1, 0.15) is 5.56 Å². The summed E-state index contributed by atoms with van der Waals surface area (Å²) in [7, 11) is 0. The molecule has 2 rings (SSSR count). The van der Waals surface area contributed by atoms with Gasteiger partial charge in [-0.2, -0.15) is 0 Å². The largest absolute Gasteiger partial charge is 0.392 e. The highest BCUT2D eigenvalue weighted by Crippen LogP contribution is 2.34. The molecule has 13 heavy (non-hydrogen) atoms. The number of fused-ring (bicyclic) bond motifs is 1. The standard InChI is InChI=1S/C9H7BrOS2/c10-9-3-6-7(12)1-5(4-11)2-8(6)13-9/h1-3,11-12H,4H2. The summed E-state index contributed by atoms with van der Waals surface area (Å²) in [5, 5.41) is 10.1. The second kappa shape index (κ2) is 3.61. The Kier molecular flexibility index (Phi) is 2.65. The molecule has 2 aromatic rings. The van der Waals surface area contributed by atoms with Crippen LogP contribution in [0.15, 0.2) is 26.9 Å². The van der Waals surface area contributed by atoms with Crippen molar-refractivity contribution in [3.63, 3.8) is 0 Å². The highest BCUT2D eigenvalue weighted by molar-refractivity contribution is 9.11. The molecule has 0 aliphatic heterocycles. The molecule has 0 unspecified atom stereocenters. The highest BCUT2D eigenvalue weighted by atomic mass is 79.9. The van der Waals surface area contributed by atoms with Crippen molar-refractivity contribution in [2.75, 3.05) is 0 Å². The maximum absolute atomic E-state index is 8.99. The van der Waals surface area contributed by atoms with E-state index in [-0.39, 0.29) is 6.61 Å². The molecule has 0 atom stereocenters. The summed E-state index contributed by atoms with van der Waals surface area (Å²) in [6.07, 6.45) is 0. The van der Waals surface area contributed by atoms with Gasteiger partial charge >= 0.3 is 0 Å². The molecule has 1 aromatic heterocycles. The van der Waals surface area contributed by atoms with Gasteiger partial charge in [-0.1, -0.05) is 0 Å². The van der Waals surface area contributed by atoms with Crippen LogP contribution in [0.3, 0.4) is 0 Å². The fourth-order valence-corrected chi connectivity index (χ4v) is 3.29. The predicted molar refractivity (Wildman–Crippen MR) is 62.7 cm³/mol. The van der Waals surface area contributed by atoms with Gasteiger partial charge in [0.1, 0.15) is 0 Å². The van der Waals surface area contributed by atoms with Gasteiger partial charge in [-0.3, -0.25) is 0 Å². The number of benzene rings is 1. The van der Waals surface area contributed by atoms with Crippen molar-refractivity contribution in [1.82, 2.24) is 0 Å². The maximum Gasteiger partial charge on any atom is 0.0711 e. The maximum atomic E-state index is 8.99. The molecule has 0 aliphatic rings. The summed E-state index contributed by atoms with van der Waals surface area (Å²) in [5.41, 5.74) is 0.909. The van der Waals surface area contributed by atoms with Crippen molar-refractivity contribution in [2.24, 2.45) is 0 Å². The Morgan fingerprint density at radius 3 is 2.85 bits per heavy atom. The minimum atomic E-state index is 0.0685. The van der Waals surface area contributed by atoms with Crippen molar-refractivity contribution >= 4 is 50.0 Å². The summed E-state index contributed by atoms with van der Waals surface area (Å²) >= 11 is 9.44. The van der Waals surface area contributed by atoms with Crippen LogP contribution in [-0.2, 0) is 6.61 Å². The molecule has 1 aromatic carbocycles. The lowest BCUT2D eigenvalue weighted by atomic mass is 10.2. The van der Waals surface area contributed by atoms with Crippen LogP contribution in [0.5, 0.6) is 0 Å².